The van der Waals surface area contributed by atoms with Crippen LogP contribution in [0.15, 0.2) is 0 Å². The van der Waals surface area contributed by atoms with Crippen LogP contribution >= 0.6 is 0 Å². The van der Waals surface area contributed by atoms with Crippen molar-refractivity contribution < 1.29 is 39.1 Å². The van der Waals surface area contributed by atoms with Crippen LogP contribution < -0.4 is 22.1 Å². The van der Waals surface area contributed by atoms with Crippen LogP contribution in [0, 0.1) is 0 Å². The highest BCUT2D eigenvalue weighted by Gasteiger charge is 2.51. The Bertz CT molecular complexity index is 670. The minimum atomic E-state index is -1.43. The van der Waals surface area contributed by atoms with E-state index in [-0.39, 0.29) is 31.0 Å². The van der Waals surface area contributed by atoms with Gasteiger partial charge in [-0.2, -0.15) is 0 Å². The van der Waals surface area contributed by atoms with Crippen LogP contribution in [0.25, 0.3) is 0 Å². The summed E-state index contributed by atoms with van der Waals surface area (Å²) in [6.07, 6.45) is -5.88. The molecule has 9 N–H and O–H groups in total. The zero-order valence-corrected chi connectivity index (χ0v) is 19.7. The number of nitrogens with two attached hydrogens (primary N) is 2. The third-order valence-electron chi connectivity index (χ3n) is 6.99. The summed E-state index contributed by atoms with van der Waals surface area (Å²) >= 11 is 0. The molecule has 0 aromatic heterocycles. The summed E-state index contributed by atoms with van der Waals surface area (Å²) in [6.45, 7) is 3.41. The molecule has 0 amide bonds. The first-order chi connectivity index (χ1) is 15.5. The molecule has 2 aliphatic heterocycles. The average Bonchev–Trinajstić information content (AvgIpc) is 2.76. The molecule has 12 heteroatoms. The van der Waals surface area contributed by atoms with E-state index in [2.05, 4.69) is 10.6 Å². The Morgan fingerprint density at radius 1 is 1.12 bits per heavy atom. The van der Waals surface area contributed by atoms with Crippen LogP contribution in [0.5, 0.6) is 0 Å². The van der Waals surface area contributed by atoms with Crippen molar-refractivity contribution in [2.24, 2.45) is 11.5 Å². The first-order valence-corrected chi connectivity index (χ1v) is 11.5. The van der Waals surface area contributed by atoms with Crippen LogP contribution in [0.3, 0.4) is 0 Å². The Morgan fingerprint density at radius 2 is 1.82 bits per heavy atom. The largest absolute Gasteiger partial charge is 0.387 e. The minimum absolute atomic E-state index is 0.0577. The summed E-state index contributed by atoms with van der Waals surface area (Å²) in [5.41, 5.74) is 11.0. The third-order valence-corrected chi connectivity index (χ3v) is 6.99. The first kappa shape index (κ1) is 26.8. The first-order valence-electron chi connectivity index (χ1n) is 11.5. The summed E-state index contributed by atoms with van der Waals surface area (Å²) in [4.78, 5) is 12.7. The zero-order valence-electron chi connectivity index (χ0n) is 19.7. The van der Waals surface area contributed by atoms with Crippen LogP contribution in [0.2, 0.25) is 0 Å². The SMILES string of the molecule is CNC(C)C1CCC(N)C(OC2C(=O)CC(N)C(OC3OCC(C)(O)C(NC)C3O)C2O)O1. The van der Waals surface area contributed by atoms with Crippen molar-refractivity contribution in [3.8, 4) is 0 Å². The Hall–Kier alpha value is -0.770. The molecule has 33 heavy (non-hydrogen) atoms. The predicted molar refractivity (Wildman–Crippen MR) is 117 cm³/mol. The van der Waals surface area contributed by atoms with E-state index in [1.54, 1.807) is 7.05 Å². The molecule has 0 bridgehead atoms. The molecule has 2 heterocycles. The number of rotatable bonds is 7. The van der Waals surface area contributed by atoms with Crippen molar-refractivity contribution in [3.63, 3.8) is 0 Å². The molecule has 12 nitrogen and oxygen atoms in total. The molecule has 12 atom stereocenters. The maximum Gasteiger partial charge on any atom is 0.185 e. The van der Waals surface area contributed by atoms with Crippen molar-refractivity contribution in [1.82, 2.24) is 10.6 Å². The van der Waals surface area contributed by atoms with Crippen molar-refractivity contribution >= 4 is 5.78 Å². The molecule has 3 rings (SSSR count). The third kappa shape index (κ3) is 5.73. The van der Waals surface area contributed by atoms with Crippen LogP contribution in [-0.2, 0) is 23.7 Å². The van der Waals surface area contributed by atoms with Gasteiger partial charge in [-0.3, -0.25) is 4.79 Å². The van der Waals surface area contributed by atoms with Gasteiger partial charge >= 0.3 is 0 Å². The monoisotopic (exact) mass is 476 g/mol. The molecule has 0 radical (unpaired) electrons. The van der Waals surface area contributed by atoms with Crippen LogP contribution in [-0.4, -0.2) is 115 Å². The number of likely N-dealkylation sites (N-methyl/N-ethyl adjacent to an activating group) is 2. The van der Waals surface area contributed by atoms with Crippen LogP contribution in [0.4, 0.5) is 0 Å². The molecule has 1 aliphatic carbocycles. The van der Waals surface area contributed by atoms with E-state index < -0.39 is 60.7 Å². The molecule has 3 fully saturated rings. The molecule has 12 unspecified atom stereocenters. The van der Waals surface area contributed by atoms with Crippen molar-refractivity contribution in [2.75, 3.05) is 20.7 Å². The van der Waals surface area contributed by atoms with E-state index in [1.165, 1.54) is 6.92 Å². The van der Waals surface area contributed by atoms with Gasteiger partial charge in [0.25, 0.3) is 0 Å². The maximum absolute atomic E-state index is 12.7. The highest BCUT2D eigenvalue weighted by Crippen LogP contribution is 2.31. The number of Topliss-reactive ketones (excluding diaryl/α,β-unsaturated/α-hetero) is 1. The molecule has 3 aliphatic rings. The van der Waals surface area contributed by atoms with E-state index >= 15 is 0 Å². The number of ketones is 1. The van der Waals surface area contributed by atoms with Crippen LogP contribution in [0.1, 0.15) is 33.1 Å². The lowest BCUT2D eigenvalue weighted by atomic mass is 9.86. The van der Waals surface area contributed by atoms with Crippen molar-refractivity contribution in [3.05, 3.63) is 0 Å². The van der Waals surface area contributed by atoms with Gasteiger partial charge in [0.1, 0.15) is 30.0 Å². The summed E-state index contributed by atoms with van der Waals surface area (Å²) in [7, 11) is 3.43. The van der Waals surface area contributed by atoms with E-state index in [9.17, 15) is 20.1 Å². The molecule has 0 aromatic carbocycles. The topological polar surface area (TPSA) is 191 Å². The van der Waals surface area contributed by atoms with Crippen molar-refractivity contribution in [1.29, 1.82) is 0 Å². The highest BCUT2D eigenvalue weighted by molar-refractivity contribution is 5.85. The van der Waals surface area contributed by atoms with Gasteiger partial charge in [-0.1, -0.05) is 0 Å². The lowest BCUT2D eigenvalue weighted by Gasteiger charge is -2.47. The minimum Gasteiger partial charge on any atom is -0.387 e. The standard InChI is InChI=1S/C21H40N4O8/c1-9(24-3)13-6-5-10(22)19(31-13)33-17-12(26)7-11(23)16(14(17)27)32-20-15(28)18(25-4)21(2,29)8-30-20/h9-11,13-20,24-25,27-29H,5-8,22-23H2,1-4H3. The number of aliphatic hydroxyl groups is 3. The van der Waals surface area contributed by atoms with Gasteiger partial charge in [0.05, 0.1) is 24.8 Å². The molecule has 192 valence electrons. The predicted octanol–water partition coefficient (Wildman–Crippen LogP) is -3.09. The smallest absolute Gasteiger partial charge is 0.185 e. The normalized spacial score (nSPS) is 48.0. The summed E-state index contributed by atoms with van der Waals surface area (Å²) in [6, 6.07) is -1.97. The molecule has 0 aromatic rings. The Balaban J connectivity index is 1.69. The van der Waals surface area contributed by atoms with Gasteiger partial charge in [0.2, 0.25) is 0 Å². The molecular weight excluding hydrogens is 436 g/mol. The summed E-state index contributed by atoms with van der Waals surface area (Å²) in [5.74, 6) is -0.379. The second kappa shape index (κ2) is 10.9. The summed E-state index contributed by atoms with van der Waals surface area (Å²) in [5, 5.41) is 38.1. The van der Waals surface area contributed by atoms with Gasteiger partial charge in [-0.15, -0.1) is 0 Å². The van der Waals surface area contributed by atoms with Gasteiger partial charge in [0, 0.05) is 18.5 Å². The van der Waals surface area contributed by atoms with Crippen molar-refractivity contribution in [2.45, 2.75) is 106 Å². The van der Waals surface area contributed by atoms with Gasteiger partial charge in [-0.05, 0) is 40.8 Å². The number of hydrogen-bond donors (Lipinski definition) is 7. The Labute approximate surface area is 194 Å². The lowest BCUT2D eigenvalue weighted by Crippen LogP contribution is -2.67. The van der Waals surface area contributed by atoms with E-state index in [0.717, 1.165) is 6.42 Å². The highest BCUT2D eigenvalue weighted by atomic mass is 16.7. The van der Waals surface area contributed by atoms with Gasteiger partial charge in [0.15, 0.2) is 18.4 Å². The number of nitrogens with one attached hydrogen (secondary N) is 2. The maximum atomic E-state index is 12.7. The lowest BCUT2D eigenvalue weighted by molar-refractivity contribution is -0.301. The van der Waals surface area contributed by atoms with Gasteiger partial charge < -0.3 is 56.4 Å². The summed E-state index contributed by atoms with van der Waals surface area (Å²) < 4.78 is 23.2. The fraction of sp³-hybridized carbons (Fsp3) is 0.952. The Kier molecular flexibility index (Phi) is 8.84. The van der Waals surface area contributed by atoms with E-state index in [4.69, 9.17) is 30.4 Å². The average molecular weight is 477 g/mol. The number of hydrogen-bond acceptors (Lipinski definition) is 12. The molecular formula is C21H40N4O8. The number of ether oxygens (including phenoxy) is 4. The van der Waals surface area contributed by atoms with E-state index in [0.29, 0.717) is 6.42 Å². The second-order valence-corrected chi connectivity index (χ2v) is 9.64. The Morgan fingerprint density at radius 3 is 2.45 bits per heavy atom. The number of aliphatic hydroxyl groups excluding tert-OH is 2. The zero-order chi connectivity index (χ0) is 24.5. The number of carbonyl (C=O) groups excluding carboxylic acids is 1. The molecule has 2 saturated heterocycles. The fourth-order valence-electron chi connectivity index (χ4n) is 4.80. The molecule has 1 saturated carbocycles. The van der Waals surface area contributed by atoms with E-state index in [1.807, 2.05) is 14.0 Å². The second-order valence-electron chi connectivity index (χ2n) is 9.64. The quantitative estimate of drug-likeness (QED) is 0.196. The fourth-order valence-corrected chi connectivity index (χ4v) is 4.80. The number of carbonyl (C=O) groups is 1. The molecule has 0 spiro atoms. The van der Waals surface area contributed by atoms with Gasteiger partial charge in [-0.25, -0.2) is 0 Å².